The summed E-state index contributed by atoms with van der Waals surface area (Å²) in [5, 5.41) is 2.45. The van der Waals surface area contributed by atoms with Gasteiger partial charge in [-0.3, -0.25) is 14.7 Å². The largest absolute Gasteiger partial charge is 0.444 e. The standard InChI is InChI=1S/C24H26FN3O5/c1-3-31-21(32-4-2)15-28-22(18-10-12-19(25)13-11-18)26-14-20(23(28)29)27-24(30)33-16-17-8-6-5-7-9-17/h5-14,21H,3-4,15-16H2,1-2H3,(H,27,30). The van der Waals surface area contributed by atoms with Gasteiger partial charge in [-0.25, -0.2) is 14.2 Å². The van der Waals surface area contributed by atoms with Crippen LogP contribution in [0.2, 0.25) is 0 Å². The van der Waals surface area contributed by atoms with Crippen LogP contribution in [0.5, 0.6) is 0 Å². The molecule has 0 spiro atoms. The predicted molar refractivity (Wildman–Crippen MR) is 121 cm³/mol. The Balaban J connectivity index is 1.87. The van der Waals surface area contributed by atoms with Crippen LogP contribution < -0.4 is 10.9 Å². The topological polar surface area (TPSA) is 91.7 Å². The van der Waals surface area contributed by atoms with Crippen LogP contribution in [-0.4, -0.2) is 35.1 Å². The lowest BCUT2D eigenvalue weighted by Gasteiger charge is -2.21. The van der Waals surface area contributed by atoms with Gasteiger partial charge in [-0.1, -0.05) is 30.3 Å². The second kappa shape index (κ2) is 11.9. The lowest BCUT2D eigenvalue weighted by atomic mass is 10.2. The molecule has 0 saturated heterocycles. The van der Waals surface area contributed by atoms with Crippen LogP contribution in [0.3, 0.4) is 0 Å². The maximum Gasteiger partial charge on any atom is 0.412 e. The van der Waals surface area contributed by atoms with E-state index >= 15 is 0 Å². The molecule has 1 heterocycles. The smallest absolute Gasteiger partial charge is 0.412 e. The summed E-state index contributed by atoms with van der Waals surface area (Å²) >= 11 is 0. The van der Waals surface area contributed by atoms with Crippen LogP contribution >= 0.6 is 0 Å². The Morgan fingerprint density at radius 1 is 1.06 bits per heavy atom. The first kappa shape index (κ1) is 24.1. The molecular formula is C24H26FN3O5. The first-order valence-corrected chi connectivity index (χ1v) is 10.6. The maximum absolute atomic E-state index is 13.4. The van der Waals surface area contributed by atoms with Crippen molar-refractivity contribution in [1.82, 2.24) is 9.55 Å². The summed E-state index contributed by atoms with van der Waals surface area (Å²) in [6.07, 6.45) is -0.249. The van der Waals surface area contributed by atoms with E-state index in [0.717, 1.165) is 5.56 Å². The van der Waals surface area contributed by atoms with Gasteiger partial charge in [0.05, 0.1) is 12.7 Å². The molecule has 3 rings (SSSR count). The van der Waals surface area contributed by atoms with E-state index in [2.05, 4.69) is 10.3 Å². The highest BCUT2D eigenvalue weighted by Crippen LogP contribution is 2.18. The zero-order chi connectivity index (χ0) is 23.6. The molecule has 2 aromatic carbocycles. The summed E-state index contributed by atoms with van der Waals surface area (Å²) in [5.74, 6) is -0.124. The molecule has 1 aromatic heterocycles. The molecule has 0 fully saturated rings. The van der Waals surface area contributed by atoms with Crippen molar-refractivity contribution in [2.24, 2.45) is 0 Å². The Kier molecular flexibility index (Phi) is 8.68. The van der Waals surface area contributed by atoms with Crippen molar-refractivity contribution in [3.05, 3.63) is 82.5 Å². The molecule has 0 bridgehead atoms. The summed E-state index contributed by atoms with van der Waals surface area (Å²) in [5.41, 5.74) is 0.751. The summed E-state index contributed by atoms with van der Waals surface area (Å²) < 4.78 is 31.1. The van der Waals surface area contributed by atoms with Crippen molar-refractivity contribution in [2.45, 2.75) is 33.3 Å². The number of nitrogens with zero attached hydrogens (tertiary/aromatic N) is 2. The minimum absolute atomic E-state index is 0.0226. The minimum Gasteiger partial charge on any atom is -0.444 e. The quantitative estimate of drug-likeness (QED) is 0.461. The van der Waals surface area contributed by atoms with Crippen molar-refractivity contribution in [1.29, 1.82) is 0 Å². The van der Waals surface area contributed by atoms with Crippen LogP contribution in [0, 0.1) is 5.82 Å². The number of hydrogen-bond acceptors (Lipinski definition) is 6. The first-order chi connectivity index (χ1) is 16.0. The van der Waals surface area contributed by atoms with E-state index in [1.54, 1.807) is 0 Å². The van der Waals surface area contributed by atoms with Gasteiger partial charge < -0.3 is 14.2 Å². The van der Waals surface area contributed by atoms with E-state index in [9.17, 15) is 14.0 Å². The number of carbonyl (C=O) groups excluding carboxylic acids is 1. The third kappa shape index (κ3) is 6.71. The number of hydrogen-bond donors (Lipinski definition) is 1. The lowest BCUT2D eigenvalue weighted by molar-refractivity contribution is -0.143. The molecule has 0 saturated carbocycles. The summed E-state index contributed by atoms with van der Waals surface area (Å²) in [6.45, 7) is 4.46. The molecule has 9 heteroatoms. The molecule has 8 nitrogen and oxygen atoms in total. The van der Waals surface area contributed by atoms with Gasteiger partial charge in [0.25, 0.3) is 5.56 Å². The molecule has 0 radical (unpaired) electrons. The average molecular weight is 455 g/mol. The Labute approximate surface area is 190 Å². The summed E-state index contributed by atoms with van der Waals surface area (Å²) in [4.78, 5) is 29.9. The van der Waals surface area contributed by atoms with Crippen LogP contribution in [0.4, 0.5) is 14.9 Å². The highest BCUT2D eigenvalue weighted by atomic mass is 19.1. The van der Waals surface area contributed by atoms with Crippen molar-refractivity contribution >= 4 is 11.8 Å². The van der Waals surface area contributed by atoms with Gasteiger partial charge in [-0.2, -0.15) is 0 Å². The lowest BCUT2D eigenvalue weighted by Crippen LogP contribution is -2.34. The number of amides is 1. The molecule has 0 atom stereocenters. The Morgan fingerprint density at radius 3 is 2.36 bits per heavy atom. The fourth-order valence-corrected chi connectivity index (χ4v) is 3.12. The monoisotopic (exact) mass is 455 g/mol. The maximum atomic E-state index is 13.4. The SMILES string of the molecule is CCOC(Cn1c(-c2ccc(F)cc2)ncc(NC(=O)OCc2ccccc2)c1=O)OCC. The fraction of sp³-hybridized carbons (Fsp3) is 0.292. The van der Waals surface area contributed by atoms with E-state index in [1.807, 2.05) is 44.2 Å². The van der Waals surface area contributed by atoms with Gasteiger partial charge >= 0.3 is 6.09 Å². The number of aromatic nitrogens is 2. The van der Waals surface area contributed by atoms with Gasteiger partial charge in [0.1, 0.15) is 23.9 Å². The van der Waals surface area contributed by atoms with E-state index in [0.29, 0.717) is 18.8 Å². The number of rotatable bonds is 10. The molecule has 33 heavy (non-hydrogen) atoms. The van der Waals surface area contributed by atoms with E-state index < -0.39 is 23.8 Å². The highest BCUT2D eigenvalue weighted by Gasteiger charge is 2.19. The summed E-state index contributed by atoms with van der Waals surface area (Å²) in [7, 11) is 0. The predicted octanol–water partition coefficient (Wildman–Crippen LogP) is 4.20. The zero-order valence-corrected chi connectivity index (χ0v) is 18.5. The molecule has 3 aromatic rings. The highest BCUT2D eigenvalue weighted by molar-refractivity contribution is 5.84. The minimum atomic E-state index is -0.787. The molecule has 1 N–H and O–H groups in total. The molecule has 0 unspecified atom stereocenters. The van der Waals surface area contributed by atoms with Crippen molar-refractivity contribution in [2.75, 3.05) is 18.5 Å². The van der Waals surface area contributed by atoms with Crippen molar-refractivity contribution < 1.29 is 23.4 Å². The Morgan fingerprint density at radius 2 is 1.73 bits per heavy atom. The number of anilines is 1. The second-order valence-electron chi connectivity index (χ2n) is 6.95. The van der Waals surface area contributed by atoms with Gasteiger partial charge in [-0.15, -0.1) is 0 Å². The fourth-order valence-electron chi connectivity index (χ4n) is 3.12. The zero-order valence-electron chi connectivity index (χ0n) is 18.5. The van der Waals surface area contributed by atoms with Crippen LogP contribution in [-0.2, 0) is 27.4 Å². The molecule has 1 amide bonds. The van der Waals surface area contributed by atoms with E-state index in [-0.39, 0.29) is 24.7 Å². The third-order valence-corrected chi connectivity index (χ3v) is 4.64. The van der Waals surface area contributed by atoms with Gasteiger partial charge in [0.2, 0.25) is 0 Å². The molecule has 0 aliphatic heterocycles. The number of nitrogens with one attached hydrogen (secondary N) is 1. The van der Waals surface area contributed by atoms with E-state index in [1.165, 1.54) is 35.0 Å². The normalized spacial score (nSPS) is 10.9. The van der Waals surface area contributed by atoms with Gasteiger partial charge in [-0.05, 0) is 43.7 Å². The molecule has 0 aliphatic carbocycles. The molecule has 174 valence electrons. The second-order valence-corrected chi connectivity index (χ2v) is 6.95. The molecule has 0 aliphatic rings. The first-order valence-electron chi connectivity index (χ1n) is 10.6. The third-order valence-electron chi connectivity index (χ3n) is 4.64. The van der Waals surface area contributed by atoms with Crippen molar-refractivity contribution in [3.8, 4) is 11.4 Å². The Bertz CT molecular complexity index is 1100. The number of carbonyl (C=O) groups is 1. The van der Waals surface area contributed by atoms with Crippen LogP contribution in [0.25, 0.3) is 11.4 Å². The Hall–Kier alpha value is -3.56. The number of benzene rings is 2. The molecular weight excluding hydrogens is 429 g/mol. The van der Waals surface area contributed by atoms with Gasteiger partial charge in [0, 0.05) is 18.8 Å². The van der Waals surface area contributed by atoms with E-state index in [4.69, 9.17) is 14.2 Å². The summed E-state index contributed by atoms with van der Waals surface area (Å²) in [6, 6.07) is 14.8. The van der Waals surface area contributed by atoms with Crippen LogP contribution in [0.15, 0.2) is 65.6 Å². The number of halogens is 1. The van der Waals surface area contributed by atoms with Crippen molar-refractivity contribution in [3.63, 3.8) is 0 Å². The average Bonchev–Trinajstić information content (AvgIpc) is 2.82. The number of ether oxygens (including phenoxy) is 3. The van der Waals surface area contributed by atoms with Gasteiger partial charge in [0.15, 0.2) is 6.29 Å². The van der Waals surface area contributed by atoms with Crippen LogP contribution in [0.1, 0.15) is 19.4 Å².